The third-order valence-corrected chi connectivity index (χ3v) is 2.59. The van der Waals surface area contributed by atoms with Crippen molar-refractivity contribution in [3.05, 3.63) is 28.5 Å². The molecule has 1 N–H and O–H groups in total. The van der Waals surface area contributed by atoms with Gasteiger partial charge in [-0.3, -0.25) is 4.98 Å². The molecule has 1 aromatic rings. The number of halogens is 1. The van der Waals surface area contributed by atoms with Crippen molar-refractivity contribution >= 4 is 22.0 Å². The van der Waals surface area contributed by atoms with Crippen LogP contribution >= 0.6 is 15.9 Å². The van der Waals surface area contributed by atoms with Crippen LogP contribution in [0.5, 0.6) is 0 Å². The van der Waals surface area contributed by atoms with Crippen molar-refractivity contribution in [2.45, 2.75) is 5.89 Å². The average Bonchev–Trinajstić information content (AvgIpc) is 2.13. The molecular formula is C9H9BrN2O2. The Bertz CT molecular complexity index is 390. The largest absolute Gasteiger partial charge is 0.465 e. The lowest BCUT2D eigenvalue weighted by atomic mass is 9.96. The number of rotatable bonds is 1. The molecule has 0 atom stereocenters. The van der Waals surface area contributed by atoms with Crippen LogP contribution in [0, 0.1) is 0 Å². The minimum Gasteiger partial charge on any atom is -0.465 e. The fraction of sp³-hybridized carbons (Fsp3) is 0.333. The fourth-order valence-corrected chi connectivity index (χ4v) is 1.53. The van der Waals surface area contributed by atoms with E-state index in [9.17, 15) is 4.79 Å². The zero-order chi connectivity index (χ0) is 11.1. The van der Waals surface area contributed by atoms with Gasteiger partial charge in [-0.25, -0.2) is 4.79 Å². The van der Waals surface area contributed by atoms with Gasteiger partial charge in [-0.05, 0) is 28.1 Å². The number of nitrogens with zero attached hydrogens (tertiary/aromatic N) is 2. The van der Waals surface area contributed by atoms with E-state index < -0.39 is 12.0 Å². The summed E-state index contributed by atoms with van der Waals surface area (Å²) in [5, 5.41) is 8.67. The Balaban J connectivity index is 2.13. The molecule has 0 radical (unpaired) electrons. The second-order valence-electron chi connectivity index (χ2n) is 3.10. The molecule has 1 saturated heterocycles. The lowest BCUT2D eigenvalue weighted by molar-refractivity contribution is 0.104. The monoisotopic (exact) mass is 257 g/mol. The second kappa shape index (κ2) is 3.57. The molecule has 5 heteroatoms. The van der Waals surface area contributed by atoms with Gasteiger partial charge in [-0.1, -0.05) is 0 Å². The van der Waals surface area contributed by atoms with E-state index in [-0.39, 0.29) is 13.1 Å². The molecule has 0 saturated carbocycles. The molecule has 0 aliphatic carbocycles. The summed E-state index contributed by atoms with van der Waals surface area (Å²) in [7, 11) is 0. The van der Waals surface area contributed by atoms with Crippen LogP contribution in [0.4, 0.5) is 4.79 Å². The topological polar surface area (TPSA) is 53.4 Å². The van der Waals surface area contributed by atoms with Crippen molar-refractivity contribution in [3.63, 3.8) is 0 Å². The predicted octanol–water partition coefficient (Wildman–Crippen LogP) is 1.92. The summed E-state index contributed by atoms with van der Waals surface area (Å²) in [5.41, 5.74) is 0.614. The van der Waals surface area contributed by atoms with Crippen LogP contribution in [0.1, 0.15) is 13.0 Å². The summed E-state index contributed by atoms with van der Waals surface area (Å²) >= 11 is 3.26. The van der Waals surface area contributed by atoms with Gasteiger partial charge in [-0.2, -0.15) is 0 Å². The van der Waals surface area contributed by atoms with Gasteiger partial charge >= 0.3 is 6.09 Å². The summed E-state index contributed by atoms with van der Waals surface area (Å²) in [4.78, 5) is 15.9. The van der Waals surface area contributed by atoms with Crippen LogP contribution in [0.3, 0.4) is 0 Å². The van der Waals surface area contributed by atoms with Crippen LogP contribution in [0.15, 0.2) is 22.8 Å². The summed E-state index contributed by atoms with van der Waals surface area (Å²) < 4.78 is 8.87. The molecular weight excluding hydrogens is 248 g/mol. The van der Waals surface area contributed by atoms with E-state index in [1.165, 1.54) is 4.90 Å². The Hall–Kier alpha value is -1.10. The standard InChI is InChI=1S/C9H9BrN2O2/c10-7-1-2-8(11-3-7)6-4-12(5-6)9(13)14/h1-3,6H,4-5H2,(H,13,14)/i6D. The lowest BCUT2D eigenvalue weighted by Gasteiger charge is -2.36. The summed E-state index contributed by atoms with van der Waals surface area (Å²) in [6.45, 7) is 0.383. The number of likely N-dealkylation sites (tertiary alicyclic amines) is 1. The Kier molecular flexibility index (Phi) is 2.10. The number of carboxylic acid groups (broad SMARTS) is 1. The minimum absolute atomic E-state index is 0.191. The Morgan fingerprint density at radius 1 is 1.71 bits per heavy atom. The van der Waals surface area contributed by atoms with Crippen molar-refractivity contribution in [3.8, 4) is 0 Å². The second-order valence-corrected chi connectivity index (χ2v) is 4.02. The number of carbonyl (C=O) groups is 1. The van der Waals surface area contributed by atoms with Crippen LogP contribution < -0.4 is 0 Å². The van der Waals surface area contributed by atoms with Crippen LogP contribution in [0.25, 0.3) is 0 Å². The predicted molar refractivity (Wildman–Crippen MR) is 54.3 cm³/mol. The third kappa shape index (κ3) is 1.72. The highest BCUT2D eigenvalue weighted by Gasteiger charge is 2.32. The first-order valence-corrected chi connectivity index (χ1v) is 4.90. The molecule has 0 unspecified atom stereocenters. The first-order chi connectivity index (χ1) is 7.01. The van der Waals surface area contributed by atoms with Gasteiger partial charge in [0.2, 0.25) is 0 Å². The maximum atomic E-state index is 10.6. The molecule has 14 heavy (non-hydrogen) atoms. The van der Waals surface area contributed by atoms with Crippen molar-refractivity contribution in [1.82, 2.24) is 9.88 Å². The van der Waals surface area contributed by atoms with Gasteiger partial charge in [0.15, 0.2) is 0 Å². The molecule has 1 aliphatic rings. The smallest absolute Gasteiger partial charge is 0.407 e. The van der Waals surface area contributed by atoms with Gasteiger partial charge in [-0.15, -0.1) is 0 Å². The molecule has 0 spiro atoms. The summed E-state index contributed by atoms with van der Waals surface area (Å²) in [6, 6.07) is 3.55. The normalized spacial score (nSPS) is 19.8. The third-order valence-electron chi connectivity index (χ3n) is 2.12. The maximum Gasteiger partial charge on any atom is 0.407 e. The zero-order valence-electron chi connectivity index (χ0n) is 8.27. The van der Waals surface area contributed by atoms with Gasteiger partial charge in [0.25, 0.3) is 0 Å². The molecule has 1 aromatic heterocycles. The van der Waals surface area contributed by atoms with Crippen molar-refractivity contribution in [1.29, 1.82) is 0 Å². The number of hydrogen-bond acceptors (Lipinski definition) is 2. The molecule has 0 aromatic carbocycles. The number of amides is 1. The zero-order valence-corrected chi connectivity index (χ0v) is 8.86. The summed E-state index contributed by atoms with van der Waals surface area (Å²) in [6.07, 6.45) is 0.643. The van der Waals surface area contributed by atoms with E-state index in [0.29, 0.717) is 5.69 Å². The molecule has 4 nitrogen and oxygen atoms in total. The van der Waals surface area contributed by atoms with E-state index in [2.05, 4.69) is 20.9 Å². The first kappa shape index (κ1) is 8.23. The van der Waals surface area contributed by atoms with Crippen molar-refractivity contribution in [2.24, 2.45) is 0 Å². The van der Waals surface area contributed by atoms with Crippen LogP contribution in [0.2, 0.25) is 0 Å². The molecule has 1 fully saturated rings. The first-order valence-electron chi connectivity index (χ1n) is 4.61. The molecule has 1 amide bonds. The summed E-state index contributed by atoms with van der Waals surface area (Å²) in [5.74, 6) is -0.876. The number of aromatic nitrogens is 1. The maximum absolute atomic E-state index is 10.6. The highest BCUT2D eigenvalue weighted by atomic mass is 79.9. The van der Waals surface area contributed by atoms with Crippen LogP contribution in [-0.2, 0) is 0 Å². The highest BCUT2D eigenvalue weighted by Crippen LogP contribution is 2.25. The molecule has 1 aliphatic heterocycles. The van der Waals surface area contributed by atoms with Gasteiger partial charge in [0, 0.05) is 36.7 Å². The SMILES string of the molecule is [2H]C1(c2ccc(Br)cn2)CN(C(=O)O)C1. The Morgan fingerprint density at radius 2 is 2.43 bits per heavy atom. The van der Waals surface area contributed by atoms with E-state index in [1.807, 2.05) is 6.07 Å². The molecule has 2 rings (SSSR count). The van der Waals surface area contributed by atoms with E-state index in [4.69, 9.17) is 6.48 Å². The molecule has 2 heterocycles. The fourth-order valence-electron chi connectivity index (χ4n) is 1.30. The Labute approximate surface area is 91.1 Å². The van der Waals surface area contributed by atoms with E-state index >= 15 is 0 Å². The van der Waals surface area contributed by atoms with Crippen molar-refractivity contribution < 1.29 is 11.3 Å². The Morgan fingerprint density at radius 3 is 2.93 bits per heavy atom. The molecule has 0 bridgehead atoms. The highest BCUT2D eigenvalue weighted by molar-refractivity contribution is 9.10. The van der Waals surface area contributed by atoms with E-state index in [0.717, 1.165) is 4.47 Å². The lowest BCUT2D eigenvalue weighted by Crippen LogP contribution is -2.48. The van der Waals surface area contributed by atoms with Gasteiger partial charge < -0.3 is 10.0 Å². The van der Waals surface area contributed by atoms with E-state index in [1.54, 1.807) is 12.3 Å². The number of hydrogen-bond donors (Lipinski definition) is 1. The minimum atomic E-state index is -0.977. The van der Waals surface area contributed by atoms with Crippen molar-refractivity contribution in [2.75, 3.05) is 13.1 Å². The van der Waals surface area contributed by atoms with Gasteiger partial charge in [0.05, 0.1) is 0 Å². The molecule has 74 valence electrons. The van der Waals surface area contributed by atoms with Crippen LogP contribution in [-0.4, -0.2) is 34.2 Å². The van der Waals surface area contributed by atoms with Gasteiger partial charge in [0.1, 0.15) is 0 Å². The number of pyridine rings is 1. The average molecular weight is 258 g/mol. The quantitative estimate of drug-likeness (QED) is 0.837.